The first-order valence-corrected chi connectivity index (χ1v) is 13.4. The number of phenolic OH excluding ortho intramolecular Hbond substituents is 1. The number of hydrogen-bond acceptors (Lipinski definition) is 10. The molecule has 0 aliphatic heterocycles. The molecule has 0 bridgehead atoms. The van der Waals surface area contributed by atoms with Crippen LogP contribution in [0.4, 0.5) is 28.4 Å². The minimum absolute atomic E-state index is 0.166. The quantitative estimate of drug-likeness (QED) is 0.0771. The molecule has 5 aromatic carbocycles. The number of azo groups is 2. The molecule has 0 saturated heterocycles. The molecule has 14 heteroatoms. The third-order valence-corrected chi connectivity index (χ3v) is 7.11. The highest BCUT2D eigenvalue weighted by Crippen LogP contribution is 2.43. The lowest BCUT2D eigenvalue weighted by Crippen LogP contribution is -2.07. The summed E-state index contributed by atoms with van der Waals surface area (Å²) >= 11 is 0. The van der Waals surface area contributed by atoms with Gasteiger partial charge in [0.1, 0.15) is 21.8 Å². The summed E-state index contributed by atoms with van der Waals surface area (Å²) in [5.41, 5.74) is 5.01. The Balaban J connectivity index is 1.61. The van der Waals surface area contributed by atoms with Crippen LogP contribution in [-0.2, 0) is 10.1 Å². The highest BCUT2D eigenvalue weighted by atomic mass is 32.2. The lowest BCUT2D eigenvalue weighted by Gasteiger charge is -2.10. The number of benzene rings is 5. The Hall–Kier alpha value is -5.73. The van der Waals surface area contributed by atoms with Gasteiger partial charge < -0.3 is 21.1 Å². The van der Waals surface area contributed by atoms with Gasteiger partial charge in [-0.25, -0.2) is 9.59 Å². The van der Waals surface area contributed by atoms with E-state index in [0.717, 1.165) is 12.1 Å². The van der Waals surface area contributed by atoms with Crippen molar-refractivity contribution in [2.45, 2.75) is 4.90 Å². The molecule has 0 heterocycles. The van der Waals surface area contributed by atoms with E-state index < -0.39 is 49.5 Å². The average molecular weight is 586 g/mol. The van der Waals surface area contributed by atoms with E-state index in [1.165, 1.54) is 42.5 Å². The first kappa shape index (κ1) is 27.8. The van der Waals surface area contributed by atoms with Crippen LogP contribution >= 0.6 is 0 Å². The highest BCUT2D eigenvalue weighted by Gasteiger charge is 2.23. The maximum atomic E-state index is 12.1. The molecule has 13 nitrogen and oxygen atoms in total. The summed E-state index contributed by atoms with van der Waals surface area (Å²) in [5, 5.41) is 47.5. The Morgan fingerprint density at radius 3 is 1.90 bits per heavy atom. The Kier molecular flexibility index (Phi) is 7.08. The Morgan fingerprint density at radius 2 is 1.31 bits per heavy atom. The summed E-state index contributed by atoms with van der Waals surface area (Å²) in [4.78, 5) is 22.6. The second kappa shape index (κ2) is 10.7. The van der Waals surface area contributed by atoms with E-state index in [9.17, 15) is 37.9 Å². The number of phenols is 1. The number of carboxylic acids is 2. The van der Waals surface area contributed by atoms with E-state index in [1.54, 1.807) is 24.3 Å². The largest absolute Gasteiger partial charge is 0.505 e. The summed E-state index contributed by atoms with van der Waals surface area (Å²) in [6, 6.07) is 19.1. The molecule has 0 aliphatic rings. The van der Waals surface area contributed by atoms with Crippen molar-refractivity contribution in [2.75, 3.05) is 5.73 Å². The Bertz CT molecular complexity index is 2110. The maximum Gasteiger partial charge on any atom is 0.338 e. The van der Waals surface area contributed by atoms with E-state index in [2.05, 4.69) is 20.5 Å². The van der Waals surface area contributed by atoms with Crippen molar-refractivity contribution in [1.29, 1.82) is 0 Å². The lowest BCUT2D eigenvalue weighted by atomic mass is 10.1. The molecule has 0 amide bonds. The van der Waals surface area contributed by atoms with Gasteiger partial charge >= 0.3 is 11.9 Å². The number of nitrogens with two attached hydrogens (primary N) is 1. The molecule has 5 aromatic rings. The molecule has 0 spiro atoms. The van der Waals surface area contributed by atoms with Crippen LogP contribution < -0.4 is 5.73 Å². The smallest absolute Gasteiger partial charge is 0.338 e. The van der Waals surface area contributed by atoms with Crippen LogP contribution in [0.15, 0.2) is 104 Å². The number of hydrogen-bond donors (Lipinski definition) is 5. The average Bonchev–Trinajstić information content (AvgIpc) is 2.95. The number of aromatic carboxylic acids is 2. The Morgan fingerprint density at radius 1 is 0.690 bits per heavy atom. The van der Waals surface area contributed by atoms with Gasteiger partial charge in [-0.2, -0.15) is 8.42 Å². The van der Waals surface area contributed by atoms with Crippen molar-refractivity contribution in [3.05, 3.63) is 90.0 Å². The molecule has 0 atom stereocenters. The first-order chi connectivity index (χ1) is 20.0. The third-order valence-electron chi connectivity index (χ3n) is 6.24. The molecule has 6 N–H and O–H groups in total. The van der Waals surface area contributed by atoms with Crippen molar-refractivity contribution in [3.63, 3.8) is 0 Å². The lowest BCUT2D eigenvalue weighted by molar-refractivity contribution is 0.0652. The fourth-order valence-electron chi connectivity index (χ4n) is 4.33. The first-order valence-electron chi connectivity index (χ1n) is 11.9. The monoisotopic (exact) mass is 585 g/mol. The molecule has 0 saturated carbocycles. The van der Waals surface area contributed by atoms with Gasteiger partial charge in [-0.1, -0.05) is 36.4 Å². The summed E-state index contributed by atoms with van der Waals surface area (Å²) in [6.07, 6.45) is 0. The molecule has 0 aliphatic carbocycles. The number of nitrogen functional groups attached to an aromatic ring is 1. The van der Waals surface area contributed by atoms with Crippen LogP contribution in [0, 0.1) is 0 Å². The summed E-state index contributed by atoms with van der Waals surface area (Å²) < 4.78 is 34.1. The zero-order valence-electron chi connectivity index (χ0n) is 21.2. The predicted molar refractivity (Wildman–Crippen MR) is 153 cm³/mol. The molecule has 0 fully saturated rings. The van der Waals surface area contributed by atoms with E-state index in [0.29, 0.717) is 21.8 Å². The van der Waals surface area contributed by atoms with Crippen molar-refractivity contribution in [2.24, 2.45) is 20.5 Å². The zero-order chi connectivity index (χ0) is 30.2. The standard InChI is InChI=1S/C28H19N5O8S/c29-15-9-8-14-12-23(42(39,40)41)25(26(34)19(14)13-15)33-31-21-11-10-20(16-4-1-2-5-17(16)21)30-32-22-7-3-6-18(27(35)36)24(22)28(37)38/h1-13,34H,29H2,(H,35,36)(H,37,38)(H,39,40,41). The van der Waals surface area contributed by atoms with E-state index in [4.69, 9.17) is 5.73 Å². The van der Waals surface area contributed by atoms with E-state index >= 15 is 0 Å². The van der Waals surface area contributed by atoms with Gasteiger partial charge in [0.25, 0.3) is 10.1 Å². The number of nitrogens with zero attached hydrogens (tertiary/aromatic N) is 4. The molecule has 0 radical (unpaired) electrons. The maximum absolute atomic E-state index is 12.1. The zero-order valence-corrected chi connectivity index (χ0v) is 22.0. The van der Waals surface area contributed by atoms with Crippen molar-refractivity contribution in [1.82, 2.24) is 0 Å². The van der Waals surface area contributed by atoms with Crippen molar-refractivity contribution in [3.8, 4) is 5.75 Å². The normalized spacial score (nSPS) is 12.0. The van der Waals surface area contributed by atoms with Gasteiger partial charge in [-0.05, 0) is 47.9 Å². The summed E-state index contributed by atoms with van der Waals surface area (Å²) in [5.74, 6) is -3.46. The second-order valence-electron chi connectivity index (χ2n) is 8.89. The van der Waals surface area contributed by atoms with Crippen LogP contribution in [0.5, 0.6) is 5.75 Å². The third kappa shape index (κ3) is 5.22. The molecular weight excluding hydrogens is 566 g/mol. The predicted octanol–water partition coefficient (Wildman–Crippen LogP) is 6.75. The van der Waals surface area contributed by atoms with E-state index in [1.807, 2.05) is 0 Å². The molecular formula is C28H19N5O8S. The van der Waals surface area contributed by atoms with E-state index in [-0.39, 0.29) is 22.4 Å². The van der Waals surface area contributed by atoms with Crippen molar-refractivity contribution >= 4 is 72.0 Å². The number of carboxylic acid groups (broad SMARTS) is 2. The van der Waals surface area contributed by atoms with Crippen LogP contribution in [0.25, 0.3) is 21.5 Å². The minimum atomic E-state index is -4.81. The number of carbonyl (C=O) groups is 2. The summed E-state index contributed by atoms with van der Waals surface area (Å²) in [6.45, 7) is 0. The van der Waals surface area contributed by atoms with Gasteiger partial charge in [0.2, 0.25) is 0 Å². The molecule has 0 unspecified atom stereocenters. The van der Waals surface area contributed by atoms with Gasteiger partial charge in [0, 0.05) is 21.8 Å². The van der Waals surface area contributed by atoms with Crippen LogP contribution in [0.2, 0.25) is 0 Å². The van der Waals surface area contributed by atoms with Gasteiger partial charge in [0.05, 0.1) is 16.9 Å². The SMILES string of the molecule is Nc1ccc2cc(S(=O)(=O)O)c(N=Nc3ccc(N=Nc4cccc(C(=O)O)c4C(=O)O)c4ccccc34)c(O)c2c1. The Labute approximate surface area is 236 Å². The molecule has 210 valence electrons. The van der Waals surface area contributed by atoms with Crippen LogP contribution in [-0.4, -0.2) is 40.2 Å². The van der Waals surface area contributed by atoms with Gasteiger partial charge in [-0.3, -0.25) is 4.55 Å². The summed E-state index contributed by atoms with van der Waals surface area (Å²) in [7, 11) is -4.81. The highest BCUT2D eigenvalue weighted by molar-refractivity contribution is 7.86. The van der Waals surface area contributed by atoms with Gasteiger partial charge in [0.15, 0.2) is 5.75 Å². The molecule has 5 rings (SSSR count). The number of aromatic hydroxyl groups is 1. The number of anilines is 1. The minimum Gasteiger partial charge on any atom is -0.505 e. The fourth-order valence-corrected chi connectivity index (χ4v) is 4.99. The molecule has 42 heavy (non-hydrogen) atoms. The van der Waals surface area contributed by atoms with Crippen LogP contribution in [0.3, 0.4) is 0 Å². The number of rotatable bonds is 7. The number of fused-ring (bicyclic) bond motifs is 2. The topological polar surface area (TPSA) is 225 Å². The van der Waals surface area contributed by atoms with Gasteiger partial charge in [-0.15, -0.1) is 20.5 Å². The molecule has 0 aromatic heterocycles. The fraction of sp³-hybridized carbons (Fsp3) is 0. The second-order valence-corrected chi connectivity index (χ2v) is 10.3. The van der Waals surface area contributed by atoms with Crippen LogP contribution in [0.1, 0.15) is 20.7 Å². The van der Waals surface area contributed by atoms with Crippen molar-refractivity contribution < 1.29 is 37.9 Å².